The molecule has 0 unspecified atom stereocenters. The van der Waals surface area contributed by atoms with E-state index in [0.29, 0.717) is 58.6 Å². The van der Waals surface area contributed by atoms with Crippen molar-refractivity contribution >= 4 is 44.2 Å². The molecule has 0 N–H and O–H groups in total. The predicted octanol–water partition coefficient (Wildman–Crippen LogP) is 5.40. The number of nitrogens with zero attached hydrogens (tertiary/aromatic N) is 6. The van der Waals surface area contributed by atoms with Crippen molar-refractivity contribution in [2.45, 2.75) is 13.1 Å². The third-order valence-corrected chi connectivity index (χ3v) is 7.84. The summed E-state index contributed by atoms with van der Waals surface area (Å²) in [6, 6.07) is 9.18. The molecule has 4 aromatic heterocycles. The maximum Gasteiger partial charge on any atom is 0.274 e. The minimum atomic E-state index is -0.776. The van der Waals surface area contributed by atoms with Gasteiger partial charge in [-0.05, 0) is 35.7 Å². The molecular weight excluding hydrogens is 534 g/mol. The first kappa shape index (κ1) is 25.5. The standard InChI is InChI=1S/C29H22F2N6O2S/c1-3-25(38)36-9-10-37-20(16-36)14-24(34-37)27-23(13-19(31)6-8-30)28-21(7-11-40-28)26(33-27)17-4-5-18-15-32-35(2)29(39)22(18)12-17/h3-8,11-15H,1,9-10,16H2,2H3/b8-6+,19-13?. The molecule has 0 fully saturated rings. The Balaban J connectivity index is 1.59. The number of rotatable bonds is 5. The molecule has 1 aliphatic heterocycles. The molecule has 5 aromatic rings. The Morgan fingerprint density at radius 1 is 1.15 bits per heavy atom. The number of carbonyl (C=O) groups excluding carboxylic acids is 1. The van der Waals surface area contributed by atoms with Gasteiger partial charge in [-0.1, -0.05) is 18.7 Å². The summed E-state index contributed by atoms with van der Waals surface area (Å²) in [5.74, 6) is -0.947. The number of hydrogen-bond acceptors (Lipinski definition) is 6. The Labute approximate surface area is 230 Å². The van der Waals surface area contributed by atoms with Crippen molar-refractivity contribution in [3.05, 3.63) is 94.4 Å². The molecular formula is C29H22F2N6O2S. The zero-order chi connectivity index (χ0) is 28.0. The Morgan fingerprint density at radius 3 is 2.80 bits per heavy atom. The Hall–Kier alpha value is -4.77. The highest BCUT2D eigenvalue weighted by Gasteiger charge is 2.24. The van der Waals surface area contributed by atoms with E-state index in [1.807, 2.05) is 29.6 Å². The lowest BCUT2D eigenvalue weighted by molar-refractivity contribution is -0.127. The number of thiophene rings is 1. The lowest BCUT2D eigenvalue weighted by Crippen LogP contribution is -2.37. The van der Waals surface area contributed by atoms with Crippen LogP contribution in [0.2, 0.25) is 0 Å². The molecule has 0 radical (unpaired) electrons. The van der Waals surface area contributed by atoms with Crippen LogP contribution in [0.5, 0.6) is 0 Å². The zero-order valence-corrected chi connectivity index (χ0v) is 22.2. The smallest absolute Gasteiger partial charge is 0.274 e. The topological polar surface area (TPSA) is 85.9 Å². The highest BCUT2D eigenvalue weighted by atomic mass is 32.1. The number of amides is 1. The van der Waals surface area contributed by atoms with Crippen LogP contribution in [0.3, 0.4) is 0 Å². The van der Waals surface area contributed by atoms with Gasteiger partial charge in [-0.2, -0.15) is 10.2 Å². The number of hydrogen-bond donors (Lipinski definition) is 0. The minimum absolute atomic E-state index is 0.143. The summed E-state index contributed by atoms with van der Waals surface area (Å²) in [6.45, 7) is 4.87. The van der Waals surface area contributed by atoms with Crippen LogP contribution >= 0.6 is 11.3 Å². The van der Waals surface area contributed by atoms with Gasteiger partial charge in [0.1, 0.15) is 17.2 Å². The molecule has 0 saturated heterocycles. The van der Waals surface area contributed by atoms with Crippen molar-refractivity contribution in [2.24, 2.45) is 7.05 Å². The van der Waals surface area contributed by atoms with Crippen molar-refractivity contribution in [3.8, 4) is 22.6 Å². The SMILES string of the molecule is C=CC(=O)N1CCn2nc(-c3nc(-c4ccc5cnn(C)c(=O)c5c4)c4ccsc4c3C=C(F)/C=C/F)cc2C1. The van der Waals surface area contributed by atoms with Crippen molar-refractivity contribution in [2.75, 3.05) is 6.54 Å². The fourth-order valence-corrected chi connectivity index (χ4v) is 5.83. The number of allylic oxidation sites excluding steroid dienone is 2. The summed E-state index contributed by atoms with van der Waals surface area (Å²) in [6.07, 6.45) is 5.03. The van der Waals surface area contributed by atoms with Crippen molar-refractivity contribution in [3.63, 3.8) is 0 Å². The molecule has 0 aliphatic carbocycles. The summed E-state index contributed by atoms with van der Waals surface area (Å²) in [7, 11) is 1.59. The third-order valence-electron chi connectivity index (χ3n) is 6.90. The van der Waals surface area contributed by atoms with E-state index in [9.17, 15) is 18.4 Å². The second-order valence-electron chi connectivity index (χ2n) is 9.29. The zero-order valence-electron chi connectivity index (χ0n) is 21.3. The number of carbonyl (C=O) groups is 1. The summed E-state index contributed by atoms with van der Waals surface area (Å²) >= 11 is 1.40. The Bertz CT molecular complexity index is 1950. The lowest BCUT2D eigenvalue weighted by atomic mass is 10.0. The van der Waals surface area contributed by atoms with Gasteiger partial charge in [-0.3, -0.25) is 14.3 Å². The van der Waals surface area contributed by atoms with Gasteiger partial charge in [0, 0.05) is 46.3 Å². The normalized spacial score (nSPS) is 13.9. The number of fused-ring (bicyclic) bond motifs is 3. The van der Waals surface area contributed by atoms with E-state index in [2.05, 4.69) is 11.7 Å². The van der Waals surface area contributed by atoms with Gasteiger partial charge in [0.15, 0.2) is 0 Å². The molecule has 11 heteroatoms. The average Bonchev–Trinajstić information content (AvgIpc) is 3.62. The van der Waals surface area contributed by atoms with Gasteiger partial charge in [-0.25, -0.2) is 18.4 Å². The first-order valence-electron chi connectivity index (χ1n) is 12.4. The quantitative estimate of drug-likeness (QED) is 0.214. The van der Waals surface area contributed by atoms with E-state index in [1.165, 1.54) is 28.2 Å². The van der Waals surface area contributed by atoms with Crippen LogP contribution in [0.15, 0.2) is 77.6 Å². The van der Waals surface area contributed by atoms with Gasteiger partial charge >= 0.3 is 0 Å². The average molecular weight is 557 g/mol. The summed E-state index contributed by atoms with van der Waals surface area (Å²) in [5.41, 5.74) is 3.21. The number of benzene rings is 1. The Morgan fingerprint density at radius 2 is 2.00 bits per heavy atom. The van der Waals surface area contributed by atoms with Gasteiger partial charge < -0.3 is 4.90 Å². The molecule has 0 bridgehead atoms. The van der Waals surface area contributed by atoms with E-state index < -0.39 is 5.83 Å². The number of halogens is 2. The van der Waals surface area contributed by atoms with E-state index >= 15 is 0 Å². The monoisotopic (exact) mass is 556 g/mol. The van der Waals surface area contributed by atoms with Crippen LogP contribution in [-0.2, 0) is 24.9 Å². The molecule has 40 heavy (non-hydrogen) atoms. The predicted molar refractivity (Wildman–Crippen MR) is 152 cm³/mol. The van der Waals surface area contributed by atoms with Crippen LogP contribution in [0.4, 0.5) is 8.78 Å². The van der Waals surface area contributed by atoms with Gasteiger partial charge in [-0.15, -0.1) is 11.3 Å². The Kier molecular flexibility index (Phi) is 6.43. The maximum atomic E-state index is 14.7. The van der Waals surface area contributed by atoms with Crippen LogP contribution in [-0.4, -0.2) is 41.9 Å². The van der Waals surface area contributed by atoms with Gasteiger partial charge in [0.05, 0.1) is 42.4 Å². The van der Waals surface area contributed by atoms with E-state index in [4.69, 9.17) is 10.1 Å². The molecule has 1 aliphatic rings. The second kappa shape index (κ2) is 10.1. The molecule has 1 aromatic carbocycles. The number of aromatic nitrogens is 5. The molecule has 1 amide bonds. The summed E-state index contributed by atoms with van der Waals surface area (Å²) < 4.78 is 31.3. The molecule has 0 atom stereocenters. The largest absolute Gasteiger partial charge is 0.331 e. The van der Waals surface area contributed by atoms with E-state index in [-0.39, 0.29) is 17.8 Å². The fraction of sp³-hybridized carbons (Fsp3) is 0.138. The summed E-state index contributed by atoms with van der Waals surface area (Å²) in [5, 5.41) is 12.7. The maximum absolute atomic E-state index is 14.7. The van der Waals surface area contributed by atoms with Gasteiger partial charge in [0.2, 0.25) is 5.91 Å². The van der Waals surface area contributed by atoms with E-state index in [1.54, 1.807) is 28.9 Å². The van der Waals surface area contributed by atoms with E-state index in [0.717, 1.165) is 21.9 Å². The molecule has 6 rings (SSSR count). The number of pyridine rings is 1. The van der Waals surface area contributed by atoms with Crippen molar-refractivity contribution < 1.29 is 13.6 Å². The third kappa shape index (κ3) is 4.34. The first-order valence-corrected chi connectivity index (χ1v) is 13.3. The summed E-state index contributed by atoms with van der Waals surface area (Å²) in [4.78, 5) is 31.7. The highest BCUT2D eigenvalue weighted by Crippen LogP contribution is 2.39. The van der Waals surface area contributed by atoms with Crippen LogP contribution in [0.25, 0.3) is 49.6 Å². The highest BCUT2D eigenvalue weighted by molar-refractivity contribution is 7.17. The first-order chi connectivity index (χ1) is 19.4. The van der Waals surface area contributed by atoms with Crippen LogP contribution < -0.4 is 5.56 Å². The molecule has 200 valence electrons. The number of aryl methyl sites for hydroxylation is 1. The van der Waals surface area contributed by atoms with Crippen molar-refractivity contribution in [1.29, 1.82) is 0 Å². The molecule has 0 saturated carbocycles. The minimum Gasteiger partial charge on any atom is -0.331 e. The van der Waals surface area contributed by atoms with Crippen LogP contribution in [0.1, 0.15) is 11.3 Å². The molecule has 0 spiro atoms. The van der Waals surface area contributed by atoms with Crippen molar-refractivity contribution in [1.82, 2.24) is 29.4 Å². The molecule has 8 nitrogen and oxygen atoms in total. The fourth-order valence-electron chi connectivity index (χ4n) is 4.92. The lowest BCUT2D eigenvalue weighted by Gasteiger charge is -2.26. The van der Waals surface area contributed by atoms with Gasteiger partial charge in [0.25, 0.3) is 5.56 Å². The molecule has 5 heterocycles. The van der Waals surface area contributed by atoms with Crippen LogP contribution in [0, 0.1) is 0 Å². The second-order valence-corrected chi connectivity index (χ2v) is 10.2.